The van der Waals surface area contributed by atoms with Crippen LogP contribution in [-0.2, 0) is 0 Å². The number of nitrogens with zero attached hydrogens (tertiary/aromatic N) is 1. The van der Waals surface area contributed by atoms with Crippen molar-refractivity contribution < 1.29 is 9.90 Å². The van der Waals surface area contributed by atoms with E-state index in [2.05, 4.69) is 6.92 Å². The van der Waals surface area contributed by atoms with Crippen LogP contribution in [0.25, 0.3) is 10.8 Å². The van der Waals surface area contributed by atoms with Crippen LogP contribution in [0, 0.1) is 5.92 Å². The molecule has 22 heavy (non-hydrogen) atoms. The summed E-state index contributed by atoms with van der Waals surface area (Å²) in [6, 6.07) is 11.1. The van der Waals surface area contributed by atoms with E-state index in [1.54, 1.807) is 11.0 Å². The van der Waals surface area contributed by atoms with Crippen molar-refractivity contribution in [2.45, 2.75) is 25.8 Å². The van der Waals surface area contributed by atoms with Crippen molar-refractivity contribution >= 4 is 16.7 Å². The molecule has 3 rings (SSSR count). The third-order valence-electron chi connectivity index (χ3n) is 4.56. The summed E-state index contributed by atoms with van der Waals surface area (Å²) in [5, 5.41) is 11.9. The van der Waals surface area contributed by atoms with E-state index < -0.39 is 0 Å². The molecule has 0 spiro atoms. The summed E-state index contributed by atoms with van der Waals surface area (Å²) >= 11 is 0. The molecule has 4 heteroatoms. The molecule has 2 aromatic carbocycles. The van der Waals surface area contributed by atoms with E-state index in [0.717, 1.165) is 23.6 Å². The van der Waals surface area contributed by atoms with Crippen LogP contribution in [0.2, 0.25) is 0 Å². The number of carbonyl (C=O) groups excluding carboxylic acids is 1. The Morgan fingerprint density at radius 3 is 2.82 bits per heavy atom. The third kappa shape index (κ3) is 2.55. The maximum absolute atomic E-state index is 12.9. The number of nitrogens with two attached hydrogens (primary N) is 1. The summed E-state index contributed by atoms with van der Waals surface area (Å²) in [5.41, 5.74) is 6.56. The smallest absolute Gasteiger partial charge is 0.258 e. The van der Waals surface area contributed by atoms with E-state index in [0.29, 0.717) is 24.6 Å². The number of aromatic hydroxyl groups is 1. The average molecular weight is 298 g/mol. The maximum atomic E-state index is 12.9. The molecule has 116 valence electrons. The highest BCUT2D eigenvalue weighted by Crippen LogP contribution is 2.30. The zero-order valence-corrected chi connectivity index (χ0v) is 12.8. The molecule has 1 fully saturated rings. The standard InChI is InChI=1S/C18H22N2O2/c1-2-5-13-10-20(11-15(13)19)18(22)17-14-7-4-3-6-12(14)8-9-16(17)21/h3-4,6-9,13,15,21H,2,5,10-11,19H2,1H3/t13-,15-/m1/s1. The molecular formula is C18H22N2O2. The minimum absolute atomic E-state index is 0.0287. The van der Waals surface area contributed by atoms with Gasteiger partial charge >= 0.3 is 0 Å². The Bertz CT molecular complexity index is 699. The third-order valence-corrected chi connectivity index (χ3v) is 4.56. The number of likely N-dealkylation sites (tertiary alicyclic amines) is 1. The van der Waals surface area contributed by atoms with Crippen molar-refractivity contribution in [2.24, 2.45) is 11.7 Å². The molecule has 1 heterocycles. The van der Waals surface area contributed by atoms with E-state index in [9.17, 15) is 9.90 Å². The minimum Gasteiger partial charge on any atom is -0.507 e. The van der Waals surface area contributed by atoms with Crippen LogP contribution in [0.4, 0.5) is 0 Å². The number of phenols is 1. The number of hydrogen-bond donors (Lipinski definition) is 2. The summed E-state index contributed by atoms with van der Waals surface area (Å²) in [7, 11) is 0. The quantitative estimate of drug-likeness (QED) is 0.915. The topological polar surface area (TPSA) is 66.6 Å². The van der Waals surface area contributed by atoms with E-state index in [-0.39, 0.29) is 17.7 Å². The highest BCUT2D eigenvalue weighted by molar-refractivity contribution is 6.09. The largest absolute Gasteiger partial charge is 0.507 e. The first-order valence-corrected chi connectivity index (χ1v) is 7.87. The normalized spacial score (nSPS) is 21.5. The van der Waals surface area contributed by atoms with Crippen molar-refractivity contribution in [2.75, 3.05) is 13.1 Å². The number of fused-ring (bicyclic) bond motifs is 1. The fourth-order valence-corrected chi connectivity index (χ4v) is 3.38. The number of phenolic OH excluding ortho intramolecular Hbond substituents is 1. The van der Waals surface area contributed by atoms with Gasteiger partial charge in [-0.3, -0.25) is 4.79 Å². The van der Waals surface area contributed by atoms with Crippen LogP contribution >= 0.6 is 0 Å². The van der Waals surface area contributed by atoms with Crippen molar-refractivity contribution in [1.82, 2.24) is 4.90 Å². The predicted molar refractivity (Wildman–Crippen MR) is 87.9 cm³/mol. The molecular weight excluding hydrogens is 276 g/mol. The Labute approximate surface area is 130 Å². The monoisotopic (exact) mass is 298 g/mol. The highest BCUT2D eigenvalue weighted by atomic mass is 16.3. The highest BCUT2D eigenvalue weighted by Gasteiger charge is 2.33. The SMILES string of the molecule is CCC[C@@H]1CN(C(=O)c2c(O)ccc3ccccc23)C[C@H]1N. The molecule has 4 nitrogen and oxygen atoms in total. The number of hydrogen-bond acceptors (Lipinski definition) is 3. The van der Waals surface area contributed by atoms with Crippen molar-refractivity contribution in [1.29, 1.82) is 0 Å². The fraction of sp³-hybridized carbons (Fsp3) is 0.389. The molecule has 1 amide bonds. The molecule has 1 saturated heterocycles. The van der Waals surface area contributed by atoms with Gasteiger partial charge in [-0.15, -0.1) is 0 Å². The van der Waals surface area contributed by atoms with Crippen LogP contribution in [0.1, 0.15) is 30.1 Å². The molecule has 1 aliphatic heterocycles. The Hall–Kier alpha value is -2.07. The van der Waals surface area contributed by atoms with E-state index in [1.165, 1.54) is 0 Å². The van der Waals surface area contributed by atoms with Gasteiger partial charge in [0.2, 0.25) is 0 Å². The Kier molecular flexibility index (Phi) is 4.03. The fourth-order valence-electron chi connectivity index (χ4n) is 3.38. The Morgan fingerprint density at radius 1 is 1.27 bits per heavy atom. The van der Waals surface area contributed by atoms with Crippen LogP contribution in [0.3, 0.4) is 0 Å². The van der Waals surface area contributed by atoms with Gasteiger partial charge in [-0.1, -0.05) is 43.7 Å². The zero-order chi connectivity index (χ0) is 15.7. The second-order valence-electron chi connectivity index (χ2n) is 6.10. The number of amides is 1. The van der Waals surface area contributed by atoms with Gasteiger partial charge < -0.3 is 15.7 Å². The number of benzene rings is 2. The zero-order valence-electron chi connectivity index (χ0n) is 12.8. The second kappa shape index (κ2) is 5.97. The molecule has 2 aromatic rings. The van der Waals surface area contributed by atoms with Crippen LogP contribution in [0.15, 0.2) is 36.4 Å². The van der Waals surface area contributed by atoms with Gasteiger partial charge in [-0.05, 0) is 29.2 Å². The lowest BCUT2D eigenvalue weighted by molar-refractivity contribution is 0.0784. The Morgan fingerprint density at radius 2 is 2.05 bits per heavy atom. The van der Waals surface area contributed by atoms with Crippen LogP contribution in [-0.4, -0.2) is 35.0 Å². The van der Waals surface area contributed by atoms with Gasteiger partial charge in [0.05, 0.1) is 5.56 Å². The van der Waals surface area contributed by atoms with Crippen LogP contribution < -0.4 is 5.73 Å². The number of rotatable bonds is 3. The average Bonchev–Trinajstić information content (AvgIpc) is 2.88. The molecule has 0 aliphatic carbocycles. The molecule has 0 aromatic heterocycles. The van der Waals surface area contributed by atoms with Crippen LogP contribution in [0.5, 0.6) is 5.75 Å². The Balaban J connectivity index is 1.95. The van der Waals surface area contributed by atoms with Gasteiger partial charge in [0.1, 0.15) is 5.75 Å². The first-order valence-electron chi connectivity index (χ1n) is 7.87. The molecule has 0 bridgehead atoms. The molecule has 2 atom stereocenters. The molecule has 0 unspecified atom stereocenters. The lowest BCUT2D eigenvalue weighted by Crippen LogP contribution is -2.32. The first-order chi connectivity index (χ1) is 10.6. The van der Waals surface area contributed by atoms with Crippen molar-refractivity contribution in [3.05, 3.63) is 42.0 Å². The molecule has 0 saturated carbocycles. The predicted octanol–water partition coefficient (Wildman–Crippen LogP) is 2.74. The molecule has 0 radical (unpaired) electrons. The minimum atomic E-state index is -0.122. The van der Waals surface area contributed by atoms with Gasteiger partial charge in [0, 0.05) is 19.1 Å². The lowest BCUT2D eigenvalue weighted by Gasteiger charge is -2.18. The summed E-state index contributed by atoms with van der Waals surface area (Å²) in [6.45, 7) is 3.37. The summed E-state index contributed by atoms with van der Waals surface area (Å²) < 4.78 is 0. The maximum Gasteiger partial charge on any atom is 0.258 e. The number of carbonyl (C=O) groups is 1. The van der Waals surface area contributed by atoms with Crippen molar-refractivity contribution in [3.63, 3.8) is 0 Å². The van der Waals surface area contributed by atoms with Crippen molar-refractivity contribution in [3.8, 4) is 5.75 Å². The van der Waals surface area contributed by atoms with E-state index in [1.807, 2.05) is 30.3 Å². The summed E-state index contributed by atoms with van der Waals surface area (Å²) in [5.74, 6) is 0.269. The second-order valence-corrected chi connectivity index (χ2v) is 6.10. The van der Waals surface area contributed by atoms with Gasteiger partial charge in [-0.2, -0.15) is 0 Å². The first kappa shape index (κ1) is 14.9. The van der Waals surface area contributed by atoms with E-state index >= 15 is 0 Å². The van der Waals surface area contributed by atoms with Gasteiger partial charge in [0.15, 0.2) is 0 Å². The molecule has 3 N–H and O–H groups in total. The van der Waals surface area contributed by atoms with E-state index in [4.69, 9.17) is 5.73 Å². The summed E-state index contributed by atoms with van der Waals surface area (Å²) in [4.78, 5) is 14.7. The van der Waals surface area contributed by atoms with Gasteiger partial charge in [-0.25, -0.2) is 0 Å². The molecule has 1 aliphatic rings. The van der Waals surface area contributed by atoms with Gasteiger partial charge in [0.25, 0.3) is 5.91 Å². The lowest BCUT2D eigenvalue weighted by atomic mass is 9.99. The summed E-state index contributed by atoms with van der Waals surface area (Å²) in [6.07, 6.45) is 2.10.